The molecule has 1 atom stereocenters. The molecule has 0 aliphatic carbocycles. The fraction of sp³-hybridized carbons (Fsp3) is 0.455. The Morgan fingerprint density at radius 2 is 1.65 bits per heavy atom. The van der Waals surface area contributed by atoms with Crippen molar-refractivity contribution in [3.05, 3.63) is 34.3 Å². The molecule has 1 aromatic rings. The van der Waals surface area contributed by atoms with E-state index < -0.39 is 18.4 Å². The van der Waals surface area contributed by atoms with Gasteiger partial charge in [0.05, 0.1) is 13.2 Å². The van der Waals surface area contributed by atoms with Crippen molar-refractivity contribution in [2.45, 2.75) is 18.4 Å². The van der Waals surface area contributed by atoms with Crippen LogP contribution in [0.5, 0.6) is 0 Å². The van der Waals surface area contributed by atoms with Gasteiger partial charge in [0.25, 0.3) is 0 Å². The summed E-state index contributed by atoms with van der Waals surface area (Å²) in [6.45, 7) is 0.404. The molecule has 2 rings (SSSR count). The van der Waals surface area contributed by atoms with Crippen LogP contribution >= 0.6 is 15.9 Å². The van der Waals surface area contributed by atoms with Crippen molar-refractivity contribution < 1.29 is 22.6 Å². The van der Waals surface area contributed by atoms with Crippen LogP contribution in [0.2, 0.25) is 0 Å². The van der Waals surface area contributed by atoms with Gasteiger partial charge in [-0.15, -0.1) is 0 Å². The van der Waals surface area contributed by atoms with Gasteiger partial charge in [0.1, 0.15) is 5.92 Å². The van der Waals surface area contributed by atoms with E-state index in [0.29, 0.717) is 0 Å². The third kappa shape index (κ3) is 3.00. The molecular formula is C11H10BrF3O2. The molecular weight excluding hydrogens is 301 g/mol. The summed E-state index contributed by atoms with van der Waals surface area (Å²) in [5.74, 6) is -1.74. The fourth-order valence-corrected chi connectivity index (χ4v) is 2.00. The van der Waals surface area contributed by atoms with E-state index in [0.717, 1.165) is 4.47 Å². The molecule has 1 fully saturated rings. The molecule has 6 heteroatoms. The van der Waals surface area contributed by atoms with Crippen LogP contribution in [0.15, 0.2) is 28.7 Å². The SMILES string of the molecule is FC(F)(F)[C@@H](c1ccc(Br)cc1)C1OCCO1. The van der Waals surface area contributed by atoms with Gasteiger partial charge in [-0.3, -0.25) is 0 Å². The number of benzene rings is 1. The highest BCUT2D eigenvalue weighted by Crippen LogP contribution is 2.40. The van der Waals surface area contributed by atoms with E-state index >= 15 is 0 Å². The molecule has 0 bridgehead atoms. The molecule has 0 N–H and O–H groups in total. The van der Waals surface area contributed by atoms with Crippen LogP contribution in [0.25, 0.3) is 0 Å². The number of halogens is 4. The Morgan fingerprint density at radius 1 is 1.12 bits per heavy atom. The van der Waals surface area contributed by atoms with Crippen molar-refractivity contribution in [1.29, 1.82) is 0 Å². The Labute approximate surface area is 105 Å². The Hall–Kier alpha value is -0.590. The van der Waals surface area contributed by atoms with Crippen molar-refractivity contribution in [1.82, 2.24) is 0 Å². The van der Waals surface area contributed by atoms with Crippen molar-refractivity contribution >= 4 is 15.9 Å². The number of ether oxygens (including phenoxy) is 2. The fourth-order valence-electron chi connectivity index (χ4n) is 1.74. The Morgan fingerprint density at radius 3 is 2.12 bits per heavy atom. The average molecular weight is 311 g/mol. The Kier molecular flexibility index (Phi) is 3.75. The quantitative estimate of drug-likeness (QED) is 0.833. The minimum Gasteiger partial charge on any atom is -0.349 e. The third-order valence-corrected chi connectivity index (χ3v) is 3.03. The van der Waals surface area contributed by atoms with Crippen molar-refractivity contribution in [2.75, 3.05) is 13.2 Å². The summed E-state index contributed by atoms with van der Waals surface area (Å²) in [6.07, 6.45) is -5.63. The van der Waals surface area contributed by atoms with Gasteiger partial charge in [0, 0.05) is 4.47 Å². The lowest BCUT2D eigenvalue weighted by atomic mass is 9.98. The van der Waals surface area contributed by atoms with Gasteiger partial charge in [0.2, 0.25) is 0 Å². The van der Waals surface area contributed by atoms with Crippen LogP contribution in [-0.4, -0.2) is 25.7 Å². The molecule has 1 aliphatic rings. The highest BCUT2D eigenvalue weighted by molar-refractivity contribution is 9.10. The molecule has 0 spiro atoms. The van der Waals surface area contributed by atoms with Crippen molar-refractivity contribution in [2.24, 2.45) is 0 Å². The summed E-state index contributed by atoms with van der Waals surface area (Å²) in [5, 5.41) is 0. The van der Waals surface area contributed by atoms with Crippen LogP contribution in [0.3, 0.4) is 0 Å². The maximum atomic E-state index is 13.0. The second-order valence-electron chi connectivity index (χ2n) is 3.68. The maximum Gasteiger partial charge on any atom is 0.400 e. The van der Waals surface area contributed by atoms with Crippen LogP contribution < -0.4 is 0 Å². The first-order chi connectivity index (χ1) is 7.98. The predicted octanol–water partition coefficient (Wildman–Crippen LogP) is 3.47. The van der Waals surface area contributed by atoms with Crippen LogP contribution in [-0.2, 0) is 9.47 Å². The summed E-state index contributed by atoms with van der Waals surface area (Å²) in [5.41, 5.74) is 0.146. The van der Waals surface area contributed by atoms with Crippen molar-refractivity contribution in [3.63, 3.8) is 0 Å². The summed E-state index contributed by atoms with van der Waals surface area (Å²) in [4.78, 5) is 0. The second-order valence-corrected chi connectivity index (χ2v) is 4.60. The van der Waals surface area contributed by atoms with E-state index in [1.807, 2.05) is 0 Å². The van der Waals surface area contributed by atoms with E-state index in [2.05, 4.69) is 15.9 Å². The number of alkyl halides is 3. The van der Waals surface area contributed by atoms with Gasteiger partial charge < -0.3 is 9.47 Å². The monoisotopic (exact) mass is 310 g/mol. The molecule has 0 saturated carbocycles. The van der Waals surface area contributed by atoms with Crippen molar-refractivity contribution in [3.8, 4) is 0 Å². The summed E-state index contributed by atoms with van der Waals surface area (Å²) in [7, 11) is 0. The lowest BCUT2D eigenvalue weighted by molar-refractivity contribution is -0.207. The van der Waals surface area contributed by atoms with E-state index in [9.17, 15) is 13.2 Å². The highest BCUT2D eigenvalue weighted by atomic mass is 79.9. The average Bonchev–Trinajstić information content (AvgIpc) is 2.72. The first-order valence-corrected chi connectivity index (χ1v) is 5.83. The van der Waals surface area contributed by atoms with Gasteiger partial charge in [0.15, 0.2) is 6.29 Å². The Balaban J connectivity index is 2.29. The lowest BCUT2D eigenvalue weighted by Crippen LogP contribution is -2.32. The number of hydrogen-bond acceptors (Lipinski definition) is 2. The zero-order valence-electron chi connectivity index (χ0n) is 8.71. The summed E-state index contributed by atoms with van der Waals surface area (Å²) >= 11 is 3.18. The van der Waals surface area contributed by atoms with Crippen LogP contribution in [0, 0.1) is 0 Å². The predicted molar refractivity (Wildman–Crippen MR) is 58.6 cm³/mol. The molecule has 0 radical (unpaired) electrons. The van der Waals surface area contributed by atoms with Gasteiger partial charge in [-0.05, 0) is 17.7 Å². The second kappa shape index (κ2) is 4.96. The molecule has 94 valence electrons. The van der Waals surface area contributed by atoms with Gasteiger partial charge in [-0.1, -0.05) is 28.1 Å². The van der Waals surface area contributed by atoms with E-state index in [4.69, 9.17) is 9.47 Å². The zero-order chi connectivity index (χ0) is 12.5. The first-order valence-electron chi connectivity index (χ1n) is 5.04. The summed E-state index contributed by atoms with van der Waals surface area (Å²) in [6, 6.07) is 5.99. The maximum absolute atomic E-state index is 13.0. The molecule has 1 heterocycles. The van der Waals surface area contributed by atoms with E-state index in [1.54, 1.807) is 12.1 Å². The van der Waals surface area contributed by atoms with Gasteiger partial charge in [-0.25, -0.2) is 0 Å². The van der Waals surface area contributed by atoms with Crippen LogP contribution in [0.1, 0.15) is 11.5 Å². The topological polar surface area (TPSA) is 18.5 Å². The summed E-state index contributed by atoms with van der Waals surface area (Å²) < 4.78 is 49.6. The first kappa shape index (κ1) is 12.9. The van der Waals surface area contributed by atoms with E-state index in [1.165, 1.54) is 12.1 Å². The standard InChI is InChI=1S/C11H10BrF3O2/c12-8-3-1-7(2-4-8)9(11(13,14)15)10-16-5-6-17-10/h1-4,9-10H,5-6H2/t9-/m0/s1. The Bertz CT molecular complexity index is 371. The lowest BCUT2D eigenvalue weighted by Gasteiger charge is -2.25. The van der Waals surface area contributed by atoms with Crippen LogP contribution in [0.4, 0.5) is 13.2 Å². The largest absolute Gasteiger partial charge is 0.400 e. The zero-order valence-corrected chi connectivity index (χ0v) is 10.3. The molecule has 1 saturated heterocycles. The molecule has 0 amide bonds. The normalized spacial score (nSPS) is 19.5. The minimum atomic E-state index is -4.39. The van der Waals surface area contributed by atoms with E-state index in [-0.39, 0.29) is 18.8 Å². The molecule has 1 aliphatic heterocycles. The minimum absolute atomic E-state index is 0.146. The smallest absolute Gasteiger partial charge is 0.349 e. The number of rotatable bonds is 2. The molecule has 17 heavy (non-hydrogen) atoms. The third-order valence-electron chi connectivity index (χ3n) is 2.50. The highest BCUT2D eigenvalue weighted by Gasteiger charge is 2.48. The molecule has 0 unspecified atom stereocenters. The number of hydrogen-bond donors (Lipinski definition) is 0. The van der Waals surface area contributed by atoms with Gasteiger partial charge in [-0.2, -0.15) is 13.2 Å². The molecule has 0 aromatic heterocycles. The van der Waals surface area contributed by atoms with Gasteiger partial charge >= 0.3 is 6.18 Å². The molecule has 2 nitrogen and oxygen atoms in total. The molecule has 1 aromatic carbocycles.